The number of nitrogens with zero attached hydrogens (tertiary/aromatic N) is 2. The quantitative estimate of drug-likeness (QED) is 0.210. The van der Waals surface area contributed by atoms with E-state index in [0.29, 0.717) is 41.4 Å². The molecule has 1 amide bonds. The highest BCUT2D eigenvalue weighted by Crippen LogP contribution is 2.22. The number of rotatable bonds is 10. The second-order valence-electron chi connectivity index (χ2n) is 6.11. The van der Waals surface area contributed by atoms with Gasteiger partial charge in [0.1, 0.15) is 0 Å². The van der Waals surface area contributed by atoms with Gasteiger partial charge in [-0.1, -0.05) is 28.4 Å². The number of nitro benzene ring substituents is 1. The molecule has 2 aromatic rings. The van der Waals surface area contributed by atoms with Crippen LogP contribution in [0.2, 0.25) is 0 Å². The number of hydrogen-bond acceptors (Lipinski definition) is 7. The molecule has 11 heteroatoms. The maximum atomic E-state index is 12.1. The molecule has 0 atom stereocenters. The highest BCUT2D eigenvalue weighted by Gasteiger charge is 2.16. The van der Waals surface area contributed by atoms with E-state index in [1.807, 2.05) is 0 Å². The molecule has 0 fully saturated rings. The topological polar surface area (TPSA) is 144 Å². The molecule has 0 spiro atoms. The van der Waals surface area contributed by atoms with Crippen LogP contribution in [0, 0.1) is 10.1 Å². The average molecular weight is 470 g/mol. The fraction of sp³-hybridized carbons (Fsp3) is 0.333. The van der Waals surface area contributed by atoms with Crippen molar-refractivity contribution in [2.24, 2.45) is 0 Å². The van der Waals surface area contributed by atoms with Gasteiger partial charge in [-0.05, 0) is 18.9 Å². The van der Waals surface area contributed by atoms with E-state index in [9.17, 15) is 29.9 Å². The van der Waals surface area contributed by atoms with Crippen molar-refractivity contribution in [3.05, 3.63) is 51.6 Å². The molecule has 156 valence electrons. The third-order valence-electron chi connectivity index (χ3n) is 4.02. The smallest absolute Gasteiger partial charge is 0.333 e. The zero-order valence-corrected chi connectivity index (χ0v) is 16.9. The number of nitro groups is 1. The van der Waals surface area contributed by atoms with Crippen molar-refractivity contribution >= 4 is 33.5 Å². The van der Waals surface area contributed by atoms with Crippen LogP contribution in [0.4, 0.5) is 5.69 Å². The number of benzene rings is 1. The van der Waals surface area contributed by atoms with Gasteiger partial charge in [0.15, 0.2) is 0 Å². The van der Waals surface area contributed by atoms with Crippen molar-refractivity contribution in [3.8, 4) is 11.8 Å². The predicted octanol–water partition coefficient (Wildman–Crippen LogP) is 2.65. The maximum absolute atomic E-state index is 12.1. The van der Waals surface area contributed by atoms with Gasteiger partial charge in [-0.2, -0.15) is 0 Å². The van der Waals surface area contributed by atoms with Crippen LogP contribution in [0.5, 0.6) is 11.8 Å². The molecule has 1 aromatic carbocycles. The molecule has 0 unspecified atom stereocenters. The van der Waals surface area contributed by atoms with Crippen LogP contribution in [0.1, 0.15) is 41.6 Å². The molecule has 0 saturated carbocycles. The summed E-state index contributed by atoms with van der Waals surface area (Å²) in [5, 5.41) is 32.8. The van der Waals surface area contributed by atoms with Crippen LogP contribution < -0.4 is 10.2 Å². The van der Waals surface area contributed by atoms with Gasteiger partial charge in [0, 0.05) is 47.6 Å². The minimum absolute atomic E-state index is 0.0746. The van der Waals surface area contributed by atoms with Crippen molar-refractivity contribution in [2.75, 3.05) is 6.54 Å². The number of aromatic hydroxyl groups is 2. The van der Waals surface area contributed by atoms with Crippen LogP contribution in [0.25, 0.3) is 0 Å². The Hall–Kier alpha value is -3.08. The number of nitrogens with one attached hydrogen (secondary N) is 1. The Labute approximate surface area is 174 Å². The van der Waals surface area contributed by atoms with Gasteiger partial charge in [0.05, 0.1) is 4.92 Å². The molecule has 3 N–H and O–H groups in total. The molecule has 0 saturated heterocycles. The summed E-state index contributed by atoms with van der Waals surface area (Å²) in [5.74, 6) is -1.80. The summed E-state index contributed by atoms with van der Waals surface area (Å²) < 4.78 is 0.628. The first-order valence-corrected chi connectivity index (χ1v) is 9.88. The fourth-order valence-corrected chi connectivity index (χ4v) is 2.98. The molecule has 1 aromatic heterocycles. The Balaban J connectivity index is 1.70. The molecule has 0 bridgehead atoms. The van der Waals surface area contributed by atoms with Crippen LogP contribution in [0.15, 0.2) is 30.3 Å². The largest absolute Gasteiger partial charge is 0.492 e. The first kappa shape index (κ1) is 22.2. The van der Waals surface area contributed by atoms with Gasteiger partial charge in [0.2, 0.25) is 11.8 Å². The Morgan fingerprint density at radius 3 is 2.45 bits per heavy atom. The third kappa shape index (κ3) is 6.21. The lowest BCUT2D eigenvalue weighted by Crippen LogP contribution is -2.24. The lowest BCUT2D eigenvalue weighted by atomic mass is 10.1. The van der Waals surface area contributed by atoms with Crippen LogP contribution in [-0.2, 0) is 10.1 Å². The minimum atomic E-state index is -0.616. The van der Waals surface area contributed by atoms with Crippen molar-refractivity contribution in [2.45, 2.75) is 31.0 Å². The van der Waals surface area contributed by atoms with E-state index in [-0.39, 0.29) is 29.4 Å². The van der Waals surface area contributed by atoms with Crippen molar-refractivity contribution < 1.29 is 29.6 Å². The van der Waals surface area contributed by atoms with Gasteiger partial charge in [0.25, 0.3) is 11.6 Å². The number of carbonyl (C=O) groups excluding carboxylic acids is 2. The maximum Gasteiger partial charge on any atom is 0.333 e. The summed E-state index contributed by atoms with van der Waals surface area (Å²) in [7, 11) is 0. The highest BCUT2D eigenvalue weighted by atomic mass is 79.9. The second kappa shape index (κ2) is 10.5. The lowest BCUT2D eigenvalue weighted by molar-refractivity contribution is -0.385. The zero-order chi connectivity index (χ0) is 21.4. The van der Waals surface area contributed by atoms with Crippen molar-refractivity contribution in [1.82, 2.24) is 10.0 Å². The number of halogens is 1. The van der Waals surface area contributed by atoms with E-state index in [2.05, 4.69) is 21.2 Å². The molecule has 1 heterocycles. The van der Waals surface area contributed by atoms with E-state index in [0.717, 1.165) is 0 Å². The normalized spacial score (nSPS) is 10.5. The Morgan fingerprint density at radius 1 is 1.14 bits per heavy atom. The first-order chi connectivity index (χ1) is 13.8. The van der Waals surface area contributed by atoms with E-state index < -0.39 is 16.8 Å². The number of aromatic nitrogens is 1. The van der Waals surface area contributed by atoms with E-state index in [1.165, 1.54) is 30.3 Å². The molecule has 10 nitrogen and oxygen atoms in total. The summed E-state index contributed by atoms with van der Waals surface area (Å²) in [6.45, 7) is 0.348. The van der Waals surface area contributed by atoms with Crippen LogP contribution >= 0.6 is 15.9 Å². The molecule has 0 aliphatic rings. The summed E-state index contributed by atoms with van der Waals surface area (Å²) in [5.41, 5.74) is 0.573. The molecular formula is C18H20BrN3O7. The predicted molar refractivity (Wildman–Crippen MR) is 106 cm³/mol. The Bertz CT molecular complexity index is 878. The Kier molecular flexibility index (Phi) is 8.01. The van der Waals surface area contributed by atoms with E-state index >= 15 is 0 Å². The van der Waals surface area contributed by atoms with Gasteiger partial charge >= 0.3 is 5.97 Å². The van der Waals surface area contributed by atoms with Gasteiger partial charge < -0.3 is 20.4 Å². The average Bonchev–Trinajstić information content (AvgIpc) is 3.01. The molecule has 29 heavy (non-hydrogen) atoms. The molecule has 0 radical (unpaired) electrons. The monoisotopic (exact) mass is 469 g/mol. The van der Waals surface area contributed by atoms with Crippen molar-refractivity contribution in [1.29, 1.82) is 0 Å². The summed E-state index contributed by atoms with van der Waals surface area (Å²) in [6.07, 6.45) is 1.79. The third-order valence-corrected chi connectivity index (χ3v) is 4.63. The SMILES string of the molecule is O=C(CCCCCNC(=O)c1ccc(CBr)c([N+](=O)[O-])c1)On1c(O)ccc1O. The lowest BCUT2D eigenvalue weighted by Gasteiger charge is -2.08. The van der Waals surface area contributed by atoms with Gasteiger partial charge in [-0.15, -0.1) is 4.73 Å². The van der Waals surface area contributed by atoms with Crippen LogP contribution in [-0.4, -0.2) is 38.3 Å². The number of amides is 1. The molecule has 0 aliphatic carbocycles. The van der Waals surface area contributed by atoms with E-state index in [1.54, 1.807) is 0 Å². The second-order valence-corrected chi connectivity index (χ2v) is 6.67. The highest BCUT2D eigenvalue weighted by molar-refractivity contribution is 9.08. The molecule has 0 aliphatic heterocycles. The number of carbonyl (C=O) groups is 2. The number of alkyl halides is 1. The molecular weight excluding hydrogens is 450 g/mol. The Morgan fingerprint density at radius 2 is 1.83 bits per heavy atom. The standard InChI is InChI=1S/C18H20BrN3O7/c19-11-13-6-5-12(10-14(13)22(27)28)18(26)20-9-3-1-2-4-17(25)29-21-15(23)7-8-16(21)24/h5-8,10,23-24H,1-4,9,11H2,(H,20,26). The molecule has 2 rings (SSSR count). The van der Waals surface area contributed by atoms with Gasteiger partial charge in [-0.25, -0.2) is 4.79 Å². The number of unbranched alkanes of at least 4 members (excludes halogenated alkanes) is 2. The summed E-state index contributed by atoms with van der Waals surface area (Å²) in [6, 6.07) is 6.68. The first-order valence-electron chi connectivity index (χ1n) is 8.75. The van der Waals surface area contributed by atoms with Crippen molar-refractivity contribution in [3.63, 3.8) is 0 Å². The summed E-state index contributed by atoms with van der Waals surface area (Å²) in [4.78, 5) is 39.2. The fourth-order valence-electron chi connectivity index (χ4n) is 2.51. The minimum Gasteiger partial charge on any atom is -0.492 e. The van der Waals surface area contributed by atoms with Gasteiger partial charge in [-0.3, -0.25) is 14.9 Å². The number of hydrogen-bond donors (Lipinski definition) is 3. The summed E-state index contributed by atoms with van der Waals surface area (Å²) >= 11 is 3.17. The zero-order valence-electron chi connectivity index (χ0n) is 15.3. The van der Waals surface area contributed by atoms with Crippen LogP contribution in [0.3, 0.4) is 0 Å². The van der Waals surface area contributed by atoms with E-state index in [4.69, 9.17) is 4.84 Å².